The van der Waals surface area contributed by atoms with Gasteiger partial charge < -0.3 is 29.6 Å². The van der Waals surface area contributed by atoms with Crippen molar-refractivity contribution < 1.29 is 42.9 Å². The van der Waals surface area contributed by atoms with Gasteiger partial charge in [0.05, 0.1) is 18.8 Å². The Balaban J connectivity index is 2.57. The molecule has 0 aromatic rings. The van der Waals surface area contributed by atoms with Crippen LogP contribution in [0.2, 0.25) is 0 Å². The summed E-state index contributed by atoms with van der Waals surface area (Å²) in [6, 6.07) is -0.742. The summed E-state index contributed by atoms with van der Waals surface area (Å²) in [7, 11) is 0. The smallest absolute Gasteiger partial charge is 0.303 e. The van der Waals surface area contributed by atoms with Crippen LogP contribution in [0.1, 0.15) is 98.3 Å². The van der Waals surface area contributed by atoms with E-state index in [2.05, 4.69) is 17.2 Å². The van der Waals surface area contributed by atoms with Gasteiger partial charge in [0, 0.05) is 53.2 Å². The van der Waals surface area contributed by atoms with E-state index in [-0.39, 0.29) is 18.4 Å². The molecule has 1 fully saturated rings. The van der Waals surface area contributed by atoms with Crippen molar-refractivity contribution >= 4 is 29.7 Å². The number of rotatable bonds is 20. The molecule has 234 valence electrons. The number of ether oxygens (including phenoxy) is 4. The highest BCUT2D eigenvalue weighted by atomic mass is 16.6. The van der Waals surface area contributed by atoms with Crippen LogP contribution >= 0.6 is 0 Å². The quantitative estimate of drug-likeness (QED) is 0.0952. The predicted octanol–water partition coefficient (Wildman–Crippen LogP) is 3.53. The number of amides is 2. The van der Waals surface area contributed by atoms with Crippen molar-refractivity contribution in [2.75, 3.05) is 19.8 Å². The molecule has 11 heteroatoms. The van der Waals surface area contributed by atoms with Gasteiger partial charge >= 0.3 is 17.9 Å². The summed E-state index contributed by atoms with van der Waals surface area (Å²) in [4.78, 5) is 59.2. The van der Waals surface area contributed by atoms with Crippen molar-refractivity contribution in [3.05, 3.63) is 12.7 Å². The zero-order valence-electron chi connectivity index (χ0n) is 25.2. The fourth-order valence-corrected chi connectivity index (χ4v) is 4.99. The molecule has 0 heterocycles. The molecule has 1 aliphatic carbocycles. The van der Waals surface area contributed by atoms with Gasteiger partial charge in [0.25, 0.3) is 0 Å². The largest absolute Gasteiger partial charge is 0.465 e. The first-order chi connectivity index (χ1) is 19.5. The van der Waals surface area contributed by atoms with Crippen LogP contribution in [-0.4, -0.2) is 73.8 Å². The topological polar surface area (TPSA) is 146 Å². The second-order valence-corrected chi connectivity index (χ2v) is 10.6. The molecule has 0 aliphatic heterocycles. The van der Waals surface area contributed by atoms with Crippen LogP contribution in [0, 0.1) is 5.92 Å². The Kier molecular flexibility index (Phi) is 18.4. The molecular weight excluding hydrogens is 532 g/mol. The van der Waals surface area contributed by atoms with Crippen LogP contribution in [-0.2, 0) is 42.9 Å². The van der Waals surface area contributed by atoms with E-state index >= 15 is 0 Å². The highest BCUT2D eigenvalue weighted by Crippen LogP contribution is 2.33. The summed E-state index contributed by atoms with van der Waals surface area (Å²) >= 11 is 0. The van der Waals surface area contributed by atoms with Gasteiger partial charge in [-0.05, 0) is 32.1 Å². The van der Waals surface area contributed by atoms with Gasteiger partial charge in [-0.2, -0.15) is 0 Å². The molecule has 0 saturated heterocycles. The normalized spacial score (nSPS) is 21.8. The summed E-state index contributed by atoms with van der Waals surface area (Å²) in [5.41, 5.74) is 0. The number of unbranched alkanes of at least 4 members (excludes halogenated alkanes) is 7. The maximum Gasteiger partial charge on any atom is 0.303 e. The lowest BCUT2D eigenvalue weighted by Crippen LogP contribution is -2.63. The Bertz CT molecular complexity index is 848. The van der Waals surface area contributed by atoms with Crippen LogP contribution in [0.15, 0.2) is 12.7 Å². The third kappa shape index (κ3) is 16.2. The summed E-state index contributed by atoms with van der Waals surface area (Å²) in [6.45, 7) is 9.87. The van der Waals surface area contributed by atoms with E-state index < -0.39 is 48.2 Å². The van der Waals surface area contributed by atoms with Crippen molar-refractivity contribution in [2.45, 2.75) is 123 Å². The number of esters is 3. The average molecular weight is 583 g/mol. The van der Waals surface area contributed by atoms with Gasteiger partial charge in [0.2, 0.25) is 11.8 Å². The zero-order chi connectivity index (χ0) is 30.6. The molecule has 41 heavy (non-hydrogen) atoms. The number of nitrogens with one attached hydrogen (secondary N) is 2. The lowest BCUT2D eigenvalue weighted by Gasteiger charge is -2.45. The number of carbonyl (C=O) groups is 5. The SMILES string of the molecule is C=CCCCNC(=O)CCCCCCCCCO[C@@H]1C[C@H](COC(C)=O)[C@H](OC(C)=O)[C@H](OC(C)=O)[C@H]1NC(C)=O. The predicted molar refractivity (Wildman–Crippen MR) is 153 cm³/mol. The third-order valence-corrected chi connectivity index (χ3v) is 6.84. The van der Waals surface area contributed by atoms with Gasteiger partial charge in [-0.3, -0.25) is 24.0 Å². The molecule has 5 atom stereocenters. The summed E-state index contributed by atoms with van der Waals surface area (Å²) in [5.74, 6) is -2.39. The molecule has 1 rings (SSSR count). The van der Waals surface area contributed by atoms with E-state index in [0.29, 0.717) is 26.0 Å². The fraction of sp³-hybridized carbons (Fsp3) is 0.767. The van der Waals surface area contributed by atoms with Crippen LogP contribution in [0.4, 0.5) is 0 Å². The first-order valence-corrected chi connectivity index (χ1v) is 14.8. The molecule has 0 spiro atoms. The highest BCUT2D eigenvalue weighted by molar-refractivity contribution is 5.75. The van der Waals surface area contributed by atoms with E-state index in [1.54, 1.807) is 0 Å². The van der Waals surface area contributed by atoms with E-state index in [0.717, 1.165) is 57.8 Å². The van der Waals surface area contributed by atoms with Crippen LogP contribution in [0.25, 0.3) is 0 Å². The average Bonchev–Trinajstić information content (AvgIpc) is 2.88. The Labute approximate surface area is 244 Å². The molecular formula is C30H50N2O9. The first-order valence-electron chi connectivity index (χ1n) is 14.8. The number of hydrogen-bond donors (Lipinski definition) is 2. The molecule has 0 aromatic carbocycles. The maximum atomic E-state index is 12.0. The van der Waals surface area contributed by atoms with Gasteiger partial charge in [0.1, 0.15) is 6.10 Å². The van der Waals surface area contributed by atoms with Gasteiger partial charge in [-0.1, -0.05) is 38.2 Å². The van der Waals surface area contributed by atoms with Crippen LogP contribution in [0.5, 0.6) is 0 Å². The Morgan fingerprint density at radius 2 is 1.41 bits per heavy atom. The van der Waals surface area contributed by atoms with Gasteiger partial charge in [-0.15, -0.1) is 6.58 Å². The van der Waals surface area contributed by atoms with Crippen LogP contribution in [0.3, 0.4) is 0 Å². The van der Waals surface area contributed by atoms with Crippen molar-refractivity contribution in [3.8, 4) is 0 Å². The maximum absolute atomic E-state index is 12.0. The molecule has 0 radical (unpaired) electrons. The van der Waals surface area contributed by atoms with E-state index in [1.807, 2.05) is 6.08 Å². The second-order valence-electron chi connectivity index (χ2n) is 10.6. The molecule has 0 unspecified atom stereocenters. The Hall–Kier alpha value is -2.95. The minimum atomic E-state index is -1.01. The number of hydrogen-bond acceptors (Lipinski definition) is 9. The highest BCUT2D eigenvalue weighted by Gasteiger charge is 2.50. The molecule has 2 amide bonds. The Morgan fingerprint density at radius 1 is 0.805 bits per heavy atom. The van der Waals surface area contributed by atoms with E-state index in [4.69, 9.17) is 18.9 Å². The van der Waals surface area contributed by atoms with Gasteiger partial charge in [0.15, 0.2) is 6.10 Å². The number of carbonyl (C=O) groups excluding carboxylic acids is 5. The standard InChI is InChI=1S/C30H50N2O9/c1-6-7-14-17-31-27(37)16-13-11-9-8-10-12-15-18-38-26-19-25(20-39-22(3)34)29(40-23(4)35)30(41-24(5)36)28(26)32-21(2)33/h6,25-26,28-30H,1,7-20H2,2-5H3,(H,31,37)(H,32,33)/t25-,26-,28+,29+,30-/m1/s1. The minimum Gasteiger partial charge on any atom is -0.465 e. The lowest BCUT2D eigenvalue weighted by atomic mass is 9.79. The van der Waals surface area contributed by atoms with Crippen molar-refractivity contribution in [2.24, 2.45) is 5.92 Å². The van der Waals surface area contributed by atoms with Crippen LogP contribution < -0.4 is 10.6 Å². The summed E-state index contributed by atoms with van der Waals surface area (Å²) < 4.78 is 22.4. The monoisotopic (exact) mass is 582 g/mol. The Morgan fingerprint density at radius 3 is 2.00 bits per heavy atom. The fourth-order valence-electron chi connectivity index (χ4n) is 4.99. The zero-order valence-corrected chi connectivity index (χ0v) is 25.2. The third-order valence-electron chi connectivity index (χ3n) is 6.84. The van der Waals surface area contributed by atoms with Crippen molar-refractivity contribution in [1.82, 2.24) is 10.6 Å². The number of allylic oxidation sites excluding steroid dienone is 1. The molecule has 0 aromatic heterocycles. The lowest BCUT2D eigenvalue weighted by molar-refractivity contribution is -0.193. The molecule has 11 nitrogen and oxygen atoms in total. The van der Waals surface area contributed by atoms with E-state index in [9.17, 15) is 24.0 Å². The van der Waals surface area contributed by atoms with Crippen molar-refractivity contribution in [3.63, 3.8) is 0 Å². The molecule has 0 bridgehead atoms. The molecule has 1 aliphatic rings. The molecule has 1 saturated carbocycles. The second kappa shape index (κ2) is 20.9. The first kappa shape index (κ1) is 36.1. The minimum absolute atomic E-state index is 0.0470. The van der Waals surface area contributed by atoms with Crippen molar-refractivity contribution in [1.29, 1.82) is 0 Å². The molecule has 2 N–H and O–H groups in total. The van der Waals surface area contributed by atoms with Gasteiger partial charge in [-0.25, -0.2) is 0 Å². The summed E-state index contributed by atoms with van der Waals surface area (Å²) in [6.07, 6.45) is 8.94. The van der Waals surface area contributed by atoms with E-state index in [1.165, 1.54) is 27.7 Å². The summed E-state index contributed by atoms with van der Waals surface area (Å²) in [5, 5.41) is 5.74.